The molecule has 1 saturated heterocycles. The third kappa shape index (κ3) is 5.16. The van der Waals surface area contributed by atoms with E-state index < -0.39 is 5.92 Å². The van der Waals surface area contributed by atoms with Gasteiger partial charge < -0.3 is 9.64 Å². The first-order chi connectivity index (χ1) is 13.0. The molecule has 1 fully saturated rings. The quantitative estimate of drug-likeness (QED) is 0.736. The van der Waals surface area contributed by atoms with Gasteiger partial charge in [-0.2, -0.15) is 0 Å². The highest BCUT2D eigenvalue weighted by atomic mass is 19.3. The van der Waals surface area contributed by atoms with E-state index in [1.54, 1.807) is 6.08 Å². The average molecular weight is 371 g/mol. The lowest BCUT2D eigenvalue weighted by atomic mass is 10.0. The number of benzene rings is 2. The van der Waals surface area contributed by atoms with Gasteiger partial charge in [0.05, 0.1) is 6.42 Å². The molecule has 3 rings (SSSR count). The number of hydrogen-bond acceptors (Lipinski definition) is 2. The minimum Gasteiger partial charge on any atom is -0.489 e. The molecule has 1 aliphatic heterocycles. The molecular weight excluding hydrogens is 348 g/mol. The van der Waals surface area contributed by atoms with E-state index in [1.807, 2.05) is 48.5 Å². The SMILES string of the molecule is C=Cc1ccc(OCc2ccccc2)c(CC(=O)N2CCC(F)(F)CC2)c1. The monoisotopic (exact) mass is 371 g/mol. The highest BCUT2D eigenvalue weighted by molar-refractivity contribution is 5.80. The van der Waals surface area contributed by atoms with Gasteiger partial charge >= 0.3 is 0 Å². The van der Waals surface area contributed by atoms with Crippen LogP contribution >= 0.6 is 0 Å². The van der Waals surface area contributed by atoms with Gasteiger partial charge in [0, 0.05) is 31.5 Å². The van der Waals surface area contributed by atoms with Crippen LogP contribution in [0.15, 0.2) is 55.1 Å². The zero-order valence-electron chi connectivity index (χ0n) is 15.2. The highest BCUT2D eigenvalue weighted by Crippen LogP contribution is 2.29. The molecule has 2 aromatic rings. The first-order valence-electron chi connectivity index (χ1n) is 9.04. The molecule has 0 atom stereocenters. The number of amides is 1. The highest BCUT2D eigenvalue weighted by Gasteiger charge is 2.35. The number of ether oxygens (including phenoxy) is 1. The van der Waals surface area contributed by atoms with Crippen molar-refractivity contribution in [1.29, 1.82) is 0 Å². The minimum atomic E-state index is -2.66. The molecule has 0 unspecified atom stereocenters. The van der Waals surface area contributed by atoms with Crippen molar-refractivity contribution in [3.05, 3.63) is 71.8 Å². The lowest BCUT2D eigenvalue weighted by molar-refractivity contribution is -0.136. The Morgan fingerprint density at radius 3 is 2.52 bits per heavy atom. The van der Waals surface area contributed by atoms with Gasteiger partial charge in [0.15, 0.2) is 0 Å². The molecular formula is C22H23F2NO2. The molecule has 0 N–H and O–H groups in total. The zero-order valence-corrected chi connectivity index (χ0v) is 15.2. The number of hydrogen-bond donors (Lipinski definition) is 0. The summed E-state index contributed by atoms with van der Waals surface area (Å²) in [6.45, 7) is 4.34. The third-order valence-electron chi connectivity index (χ3n) is 4.75. The summed E-state index contributed by atoms with van der Waals surface area (Å²) in [6, 6.07) is 15.3. The fraction of sp³-hybridized carbons (Fsp3) is 0.318. The third-order valence-corrected chi connectivity index (χ3v) is 4.75. The normalized spacial score (nSPS) is 16.0. The van der Waals surface area contributed by atoms with E-state index in [0.29, 0.717) is 12.4 Å². The van der Waals surface area contributed by atoms with Crippen LogP contribution in [0.4, 0.5) is 8.78 Å². The topological polar surface area (TPSA) is 29.5 Å². The molecule has 5 heteroatoms. The number of rotatable bonds is 6. The molecule has 1 heterocycles. The van der Waals surface area contributed by atoms with Crippen molar-refractivity contribution in [2.24, 2.45) is 0 Å². The first kappa shape index (κ1) is 19.1. The second-order valence-electron chi connectivity index (χ2n) is 6.76. The Hall–Kier alpha value is -2.69. The maximum absolute atomic E-state index is 13.3. The smallest absolute Gasteiger partial charge is 0.251 e. The van der Waals surface area contributed by atoms with E-state index >= 15 is 0 Å². The Morgan fingerprint density at radius 1 is 1.15 bits per heavy atom. The lowest BCUT2D eigenvalue weighted by Gasteiger charge is -2.32. The summed E-state index contributed by atoms with van der Waals surface area (Å²) in [5, 5.41) is 0. The van der Waals surface area contributed by atoms with Crippen molar-refractivity contribution in [3.63, 3.8) is 0 Å². The first-order valence-corrected chi connectivity index (χ1v) is 9.04. The molecule has 27 heavy (non-hydrogen) atoms. The van der Waals surface area contributed by atoms with Crippen molar-refractivity contribution in [2.75, 3.05) is 13.1 Å². The van der Waals surface area contributed by atoms with E-state index in [2.05, 4.69) is 6.58 Å². The predicted octanol–water partition coefficient (Wildman–Crippen LogP) is 4.71. The van der Waals surface area contributed by atoms with Crippen molar-refractivity contribution in [3.8, 4) is 5.75 Å². The Kier molecular flexibility index (Phi) is 5.89. The summed E-state index contributed by atoms with van der Waals surface area (Å²) in [7, 11) is 0. The van der Waals surface area contributed by atoms with Gasteiger partial charge in [-0.05, 0) is 23.3 Å². The number of halogens is 2. The summed E-state index contributed by atoms with van der Waals surface area (Å²) in [5.41, 5.74) is 2.65. The van der Waals surface area contributed by atoms with E-state index in [-0.39, 0.29) is 38.3 Å². The van der Waals surface area contributed by atoms with Crippen molar-refractivity contribution >= 4 is 12.0 Å². The van der Waals surface area contributed by atoms with Gasteiger partial charge in [-0.25, -0.2) is 8.78 Å². The van der Waals surface area contributed by atoms with Crippen molar-refractivity contribution in [2.45, 2.75) is 31.8 Å². The number of piperidine rings is 1. The fourth-order valence-electron chi connectivity index (χ4n) is 3.10. The molecule has 0 spiro atoms. The summed E-state index contributed by atoms with van der Waals surface area (Å²) in [5.74, 6) is -2.19. The lowest BCUT2D eigenvalue weighted by Crippen LogP contribution is -2.43. The van der Waals surface area contributed by atoms with Gasteiger partial charge in [0.2, 0.25) is 5.91 Å². The average Bonchev–Trinajstić information content (AvgIpc) is 2.67. The molecule has 1 aliphatic rings. The number of nitrogens with zero attached hydrogens (tertiary/aromatic N) is 1. The standard InChI is InChI=1S/C22H23F2NO2/c1-2-17-8-9-20(27-16-18-6-4-3-5-7-18)19(14-17)15-21(26)25-12-10-22(23,24)11-13-25/h2-9,14H,1,10-13,15-16H2. The Morgan fingerprint density at radius 2 is 1.85 bits per heavy atom. The summed E-state index contributed by atoms with van der Waals surface area (Å²) in [6.07, 6.45) is 1.28. The van der Waals surface area contributed by atoms with Crippen LogP contribution in [0.1, 0.15) is 29.5 Å². The second kappa shape index (κ2) is 8.33. The molecule has 0 radical (unpaired) electrons. The Labute approximate surface area is 158 Å². The van der Waals surface area contributed by atoms with Crippen molar-refractivity contribution < 1.29 is 18.3 Å². The van der Waals surface area contributed by atoms with Crippen LogP contribution in [0.3, 0.4) is 0 Å². The van der Waals surface area contributed by atoms with E-state index in [1.165, 1.54) is 4.90 Å². The molecule has 1 amide bonds. The molecule has 0 saturated carbocycles. The van der Waals surface area contributed by atoms with Gasteiger partial charge in [-0.1, -0.05) is 49.1 Å². The van der Waals surface area contributed by atoms with Gasteiger partial charge in [-0.3, -0.25) is 4.79 Å². The zero-order chi connectivity index (χ0) is 19.3. The molecule has 3 nitrogen and oxygen atoms in total. The van der Waals surface area contributed by atoms with Crippen LogP contribution in [-0.4, -0.2) is 29.8 Å². The van der Waals surface area contributed by atoms with Crippen LogP contribution < -0.4 is 4.74 Å². The van der Waals surface area contributed by atoms with Crippen LogP contribution in [0.2, 0.25) is 0 Å². The maximum Gasteiger partial charge on any atom is 0.251 e. The number of alkyl halides is 2. The predicted molar refractivity (Wildman–Crippen MR) is 102 cm³/mol. The largest absolute Gasteiger partial charge is 0.489 e. The maximum atomic E-state index is 13.3. The van der Waals surface area contributed by atoms with E-state index in [0.717, 1.165) is 16.7 Å². The van der Waals surface area contributed by atoms with Crippen molar-refractivity contribution in [1.82, 2.24) is 4.90 Å². The summed E-state index contributed by atoms with van der Waals surface area (Å²) < 4.78 is 32.6. The molecule has 0 bridgehead atoms. The number of carbonyl (C=O) groups excluding carboxylic acids is 1. The van der Waals surface area contributed by atoms with Crippen LogP contribution in [0.5, 0.6) is 5.75 Å². The Bertz CT molecular complexity index is 795. The van der Waals surface area contributed by atoms with Crippen LogP contribution in [-0.2, 0) is 17.8 Å². The fourth-order valence-corrected chi connectivity index (χ4v) is 3.10. The molecule has 0 aromatic heterocycles. The number of likely N-dealkylation sites (tertiary alicyclic amines) is 1. The summed E-state index contributed by atoms with van der Waals surface area (Å²) >= 11 is 0. The minimum absolute atomic E-state index is 0.0905. The van der Waals surface area contributed by atoms with Crippen LogP contribution in [0.25, 0.3) is 6.08 Å². The van der Waals surface area contributed by atoms with Crippen LogP contribution in [0, 0.1) is 0 Å². The van der Waals surface area contributed by atoms with E-state index in [9.17, 15) is 13.6 Å². The summed E-state index contributed by atoms with van der Waals surface area (Å²) in [4.78, 5) is 14.1. The Balaban J connectivity index is 1.70. The van der Waals surface area contributed by atoms with Gasteiger partial charge in [0.1, 0.15) is 12.4 Å². The second-order valence-corrected chi connectivity index (χ2v) is 6.76. The number of carbonyl (C=O) groups is 1. The van der Waals surface area contributed by atoms with Gasteiger partial charge in [0.25, 0.3) is 5.92 Å². The van der Waals surface area contributed by atoms with E-state index in [4.69, 9.17) is 4.74 Å². The molecule has 2 aromatic carbocycles. The van der Waals surface area contributed by atoms with Gasteiger partial charge in [-0.15, -0.1) is 0 Å². The molecule has 142 valence electrons. The molecule has 0 aliphatic carbocycles.